The summed E-state index contributed by atoms with van der Waals surface area (Å²) in [5.74, 6) is 0.949. The van der Waals surface area contributed by atoms with Crippen LogP contribution < -0.4 is 10.1 Å². The number of hydrogen-bond acceptors (Lipinski definition) is 3. The molecule has 1 aliphatic rings. The number of aromatic nitrogens is 1. The van der Waals surface area contributed by atoms with Gasteiger partial charge in [-0.3, -0.25) is 4.79 Å². The molecule has 2 N–H and O–H groups in total. The van der Waals surface area contributed by atoms with Crippen LogP contribution >= 0.6 is 0 Å². The van der Waals surface area contributed by atoms with Gasteiger partial charge in [0.1, 0.15) is 6.10 Å². The third-order valence-corrected chi connectivity index (χ3v) is 6.10. The highest BCUT2D eigenvalue weighted by atomic mass is 16.5. The Balaban J connectivity index is 1.62. The summed E-state index contributed by atoms with van der Waals surface area (Å²) in [6.45, 7) is 8.18. The van der Waals surface area contributed by atoms with Crippen molar-refractivity contribution in [1.82, 2.24) is 9.88 Å². The summed E-state index contributed by atoms with van der Waals surface area (Å²) in [5, 5.41) is 13.1. The Hall–Kier alpha value is -2.01. The Bertz CT molecular complexity index is 811. The number of hydrogen-bond donors (Lipinski definition) is 2. The number of aliphatic carboxylic acids is 1. The molecule has 0 spiro atoms. The van der Waals surface area contributed by atoms with Gasteiger partial charge in [0.25, 0.3) is 0 Å². The minimum absolute atomic E-state index is 0.141. The van der Waals surface area contributed by atoms with E-state index in [1.165, 1.54) is 18.2 Å². The van der Waals surface area contributed by atoms with Gasteiger partial charge in [-0.15, -0.1) is 0 Å². The number of aryl methyl sites for hydroxylation is 1. The second-order valence-electron chi connectivity index (χ2n) is 9.21. The maximum Gasteiger partial charge on any atom is 0.304 e. The molecule has 1 aromatic heterocycles. The van der Waals surface area contributed by atoms with E-state index in [0.717, 1.165) is 35.7 Å². The Morgan fingerprint density at radius 3 is 2.57 bits per heavy atom. The highest BCUT2D eigenvalue weighted by Crippen LogP contribution is 2.39. The van der Waals surface area contributed by atoms with Crippen LogP contribution in [0.2, 0.25) is 0 Å². The van der Waals surface area contributed by atoms with Crippen molar-refractivity contribution in [2.45, 2.75) is 65.5 Å². The number of fused-ring (bicyclic) bond motifs is 1. The van der Waals surface area contributed by atoms with Gasteiger partial charge in [-0.1, -0.05) is 32.9 Å². The Morgan fingerprint density at radius 2 is 1.93 bits per heavy atom. The smallest absolute Gasteiger partial charge is 0.304 e. The third-order valence-electron chi connectivity index (χ3n) is 6.10. The van der Waals surface area contributed by atoms with Gasteiger partial charge in [0.05, 0.1) is 11.9 Å². The first-order valence-corrected chi connectivity index (χ1v) is 10.4. The number of benzene rings is 1. The maximum atomic E-state index is 10.6. The molecule has 3 rings (SSSR count). The molecule has 5 heteroatoms. The number of rotatable bonds is 7. The minimum atomic E-state index is -0.774. The van der Waals surface area contributed by atoms with Crippen molar-refractivity contribution < 1.29 is 14.6 Å². The van der Waals surface area contributed by atoms with Crippen molar-refractivity contribution in [2.24, 2.45) is 18.4 Å². The molecule has 1 fully saturated rings. The molecule has 0 atom stereocenters. The molecule has 0 saturated heterocycles. The van der Waals surface area contributed by atoms with E-state index in [0.29, 0.717) is 24.6 Å². The van der Waals surface area contributed by atoms with E-state index in [9.17, 15) is 4.79 Å². The first kappa shape index (κ1) is 20.7. The lowest BCUT2D eigenvalue weighted by Gasteiger charge is -2.36. The highest BCUT2D eigenvalue weighted by Gasteiger charge is 2.30. The van der Waals surface area contributed by atoms with Crippen LogP contribution in [0.15, 0.2) is 24.3 Å². The molecule has 0 bridgehead atoms. The molecule has 1 heterocycles. The van der Waals surface area contributed by atoms with Crippen molar-refractivity contribution >= 4 is 16.9 Å². The second-order valence-corrected chi connectivity index (χ2v) is 9.21. The lowest BCUT2D eigenvalue weighted by atomic mass is 9.72. The van der Waals surface area contributed by atoms with E-state index in [2.05, 4.69) is 62.0 Å². The van der Waals surface area contributed by atoms with Crippen molar-refractivity contribution in [3.05, 3.63) is 29.8 Å². The molecule has 1 saturated carbocycles. The third kappa shape index (κ3) is 5.07. The summed E-state index contributed by atoms with van der Waals surface area (Å²) >= 11 is 0. The van der Waals surface area contributed by atoms with Crippen LogP contribution in [0.4, 0.5) is 0 Å². The largest absolute Gasteiger partial charge is 0.481 e. The standard InChI is InChI=1S/C23H34N2O3/c1-23(2,3)18-7-9-19(10-8-18)28-21-14-17-6-5-16(13-20(17)25(21)4)15-24-12-11-22(26)27/h5-6,13-14,18-19,24H,7-12,15H2,1-4H3,(H,26,27). The first-order valence-electron chi connectivity index (χ1n) is 10.4. The zero-order chi connectivity index (χ0) is 20.3. The van der Waals surface area contributed by atoms with Gasteiger partial charge in [-0.2, -0.15) is 0 Å². The quantitative estimate of drug-likeness (QED) is 0.676. The summed E-state index contributed by atoms with van der Waals surface area (Å²) in [5.41, 5.74) is 2.69. The molecule has 28 heavy (non-hydrogen) atoms. The predicted molar refractivity (Wildman–Crippen MR) is 113 cm³/mol. The predicted octanol–water partition coefficient (Wildman–Crippen LogP) is 4.73. The normalized spacial score (nSPS) is 20.4. The van der Waals surface area contributed by atoms with E-state index in [1.807, 2.05) is 0 Å². The average molecular weight is 387 g/mol. The van der Waals surface area contributed by atoms with Crippen LogP contribution in [-0.4, -0.2) is 28.3 Å². The van der Waals surface area contributed by atoms with Gasteiger partial charge >= 0.3 is 5.97 Å². The molecule has 0 aliphatic heterocycles. The maximum absolute atomic E-state index is 10.6. The fourth-order valence-electron chi connectivity index (χ4n) is 4.22. The van der Waals surface area contributed by atoms with Crippen LogP contribution in [0.5, 0.6) is 5.88 Å². The lowest BCUT2D eigenvalue weighted by molar-refractivity contribution is -0.136. The summed E-state index contributed by atoms with van der Waals surface area (Å²) in [7, 11) is 2.06. The summed E-state index contributed by atoms with van der Waals surface area (Å²) in [4.78, 5) is 10.6. The van der Waals surface area contributed by atoms with Crippen LogP contribution in [0.25, 0.3) is 10.9 Å². The van der Waals surface area contributed by atoms with Crippen LogP contribution in [0, 0.1) is 11.3 Å². The Morgan fingerprint density at radius 1 is 1.21 bits per heavy atom. The Labute approximate surface area is 168 Å². The van der Waals surface area contributed by atoms with E-state index >= 15 is 0 Å². The lowest BCUT2D eigenvalue weighted by Crippen LogP contribution is -2.30. The van der Waals surface area contributed by atoms with E-state index < -0.39 is 5.97 Å². The van der Waals surface area contributed by atoms with Crippen molar-refractivity contribution in [3.8, 4) is 5.88 Å². The van der Waals surface area contributed by atoms with Gasteiger partial charge < -0.3 is 19.7 Å². The molecule has 1 aliphatic carbocycles. The molecule has 5 nitrogen and oxygen atoms in total. The monoisotopic (exact) mass is 386 g/mol. The van der Waals surface area contributed by atoms with Gasteiger partial charge in [0.2, 0.25) is 0 Å². The summed E-state index contributed by atoms with van der Waals surface area (Å²) < 4.78 is 8.51. The first-order chi connectivity index (χ1) is 13.2. The number of carboxylic acids is 1. The van der Waals surface area contributed by atoms with Gasteiger partial charge in [-0.05, 0) is 48.6 Å². The molecular formula is C23H34N2O3. The van der Waals surface area contributed by atoms with E-state index in [4.69, 9.17) is 9.84 Å². The molecular weight excluding hydrogens is 352 g/mol. The average Bonchev–Trinajstić information content (AvgIpc) is 2.94. The topological polar surface area (TPSA) is 63.5 Å². The molecule has 2 aromatic rings. The van der Waals surface area contributed by atoms with Crippen molar-refractivity contribution in [2.75, 3.05) is 6.54 Å². The van der Waals surface area contributed by atoms with Crippen molar-refractivity contribution in [1.29, 1.82) is 0 Å². The summed E-state index contributed by atoms with van der Waals surface area (Å²) in [6.07, 6.45) is 5.18. The molecule has 1 aromatic carbocycles. The second kappa shape index (κ2) is 8.56. The minimum Gasteiger partial charge on any atom is -0.481 e. The number of nitrogens with one attached hydrogen (secondary N) is 1. The molecule has 154 valence electrons. The Kier molecular flexibility index (Phi) is 6.33. The van der Waals surface area contributed by atoms with E-state index in [-0.39, 0.29) is 6.42 Å². The van der Waals surface area contributed by atoms with Gasteiger partial charge in [0, 0.05) is 31.6 Å². The molecule has 0 radical (unpaired) electrons. The number of nitrogens with zero attached hydrogens (tertiary/aromatic N) is 1. The molecule has 0 unspecified atom stereocenters. The zero-order valence-electron chi connectivity index (χ0n) is 17.6. The SMILES string of the molecule is Cn1c(OC2CCC(C(C)(C)C)CC2)cc2ccc(CNCCC(=O)O)cc21. The molecule has 0 amide bonds. The number of carbonyl (C=O) groups is 1. The number of carboxylic acid groups (broad SMARTS) is 1. The van der Waals surface area contributed by atoms with Crippen LogP contribution in [-0.2, 0) is 18.4 Å². The van der Waals surface area contributed by atoms with Gasteiger partial charge in [-0.25, -0.2) is 0 Å². The fraction of sp³-hybridized carbons (Fsp3) is 0.609. The summed E-state index contributed by atoms with van der Waals surface area (Å²) in [6, 6.07) is 8.50. The van der Waals surface area contributed by atoms with Crippen molar-refractivity contribution in [3.63, 3.8) is 0 Å². The highest BCUT2D eigenvalue weighted by molar-refractivity contribution is 5.83. The van der Waals surface area contributed by atoms with Gasteiger partial charge in [0.15, 0.2) is 5.88 Å². The van der Waals surface area contributed by atoms with Crippen LogP contribution in [0.1, 0.15) is 58.4 Å². The van der Waals surface area contributed by atoms with Crippen LogP contribution in [0.3, 0.4) is 0 Å². The number of ether oxygens (including phenoxy) is 1. The van der Waals surface area contributed by atoms with E-state index in [1.54, 1.807) is 0 Å². The fourth-order valence-corrected chi connectivity index (χ4v) is 4.22. The zero-order valence-corrected chi connectivity index (χ0v) is 17.6.